The Morgan fingerprint density at radius 1 is 1.18 bits per heavy atom. The molecule has 0 saturated carbocycles. The summed E-state index contributed by atoms with van der Waals surface area (Å²) in [7, 11) is 3.34. The lowest BCUT2D eigenvalue weighted by Crippen LogP contribution is -2.28. The van der Waals surface area contributed by atoms with E-state index in [-0.39, 0.29) is 5.91 Å². The number of hydrogen-bond acceptors (Lipinski definition) is 4. The van der Waals surface area contributed by atoms with Crippen LogP contribution in [0.1, 0.15) is 22.7 Å². The predicted molar refractivity (Wildman–Crippen MR) is 82.9 cm³/mol. The van der Waals surface area contributed by atoms with E-state index in [1.807, 2.05) is 30.3 Å². The molecule has 0 saturated heterocycles. The monoisotopic (exact) mass is 303 g/mol. The van der Waals surface area contributed by atoms with Crippen LogP contribution < -0.4 is 4.74 Å². The van der Waals surface area contributed by atoms with Gasteiger partial charge in [0.1, 0.15) is 18.1 Å². The lowest BCUT2D eigenvalue weighted by Gasteiger charge is -2.15. The summed E-state index contributed by atoms with van der Waals surface area (Å²) < 4.78 is 16.0. The fraction of sp³-hybridized carbons (Fsp3) is 0.353. The molecule has 0 spiro atoms. The summed E-state index contributed by atoms with van der Waals surface area (Å²) in [6.45, 7) is 1.53. The first-order chi connectivity index (χ1) is 10.7. The molecule has 1 heterocycles. The van der Waals surface area contributed by atoms with E-state index < -0.39 is 0 Å². The van der Waals surface area contributed by atoms with Crippen molar-refractivity contribution in [2.45, 2.75) is 13.0 Å². The second-order valence-electron chi connectivity index (χ2n) is 4.94. The standard InChI is InChI=1S/C17H21NO4/c1-18(11-6-12-21-14-7-4-3-5-8-14)17(19)16-10-9-15(22-16)13-20-2/h3-5,7-10H,6,11-13H2,1-2H3. The molecule has 0 atom stereocenters. The van der Waals surface area contributed by atoms with Gasteiger partial charge in [-0.1, -0.05) is 18.2 Å². The molecule has 5 heteroatoms. The summed E-state index contributed by atoms with van der Waals surface area (Å²) in [5, 5.41) is 0. The van der Waals surface area contributed by atoms with E-state index in [0.717, 1.165) is 12.2 Å². The van der Waals surface area contributed by atoms with E-state index in [2.05, 4.69) is 0 Å². The molecule has 118 valence electrons. The summed E-state index contributed by atoms with van der Waals surface area (Å²) in [6.07, 6.45) is 0.753. The minimum atomic E-state index is -0.137. The van der Waals surface area contributed by atoms with Gasteiger partial charge in [-0.2, -0.15) is 0 Å². The molecule has 0 aliphatic carbocycles. The van der Waals surface area contributed by atoms with Crippen molar-refractivity contribution in [1.29, 1.82) is 0 Å². The molecular formula is C17H21NO4. The Morgan fingerprint density at radius 2 is 1.95 bits per heavy atom. The van der Waals surface area contributed by atoms with E-state index in [4.69, 9.17) is 13.9 Å². The molecule has 0 aliphatic heterocycles. The highest BCUT2D eigenvalue weighted by Crippen LogP contribution is 2.12. The van der Waals surface area contributed by atoms with Crippen LogP contribution in [0.5, 0.6) is 5.75 Å². The zero-order valence-electron chi connectivity index (χ0n) is 13.0. The van der Waals surface area contributed by atoms with Gasteiger partial charge in [-0.3, -0.25) is 4.79 Å². The number of para-hydroxylation sites is 1. The number of hydrogen-bond donors (Lipinski definition) is 0. The molecule has 0 aliphatic rings. The third-order valence-electron chi connectivity index (χ3n) is 3.16. The van der Waals surface area contributed by atoms with Gasteiger partial charge in [-0.15, -0.1) is 0 Å². The first kappa shape index (κ1) is 16.1. The van der Waals surface area contributed by atoms with Crippen LogP contribution in [0.15, 0.2) is 46.9 Å². The van der Waals surface area contributed by atoms with E-state index >= 15 is 0 Å². The zero-order valence-corrected chi connectivity index (χ0v) is 13.0. The number of nitrogens with zero attached hydrogens (tertiary/aromatic N) is 1. The number of amides is 1. The van der Waals surface area contributed by atoms with Crippen molar-refractivity contribution >= 4 is 5.91 Å². The largest absolute Gasteiger partial charge is 0.494 e. The van der Waals surface area contributed by atoms with Crippen molar-refractivity contribution in [1.82, 2.24) is 4.90 Å². The molecule has 0 bridgehead atoms. The van der Waals surface area contributed by atoms with Gasteiger partial charge in [-0.05, 0) is 30.7 Å². The van der Waals surface area contributed by atoms with Gasteiger partial charge < -0.3 is 18.8 Å². The Bertz CT molecular complexity index is 579. The van der Waals surface area contributed by atoms with Gasteiger partial charge >= 0.3 is 0 Å². The highest BCUT2D eigenvalue weighted by Gasteiger charge is 2.15. The maximum absolute atomic E-state index is 12.2. The lowest BCUT2D eigenvalue weighted by molar-refractivity contribution is 0.0748. The van der Waals surface area contributed by atoms with Crippen LogP contribution in [0.3, 0.4) is 0 Å². The van der Waals surface area contributed by atoms with Crippen LogP contribution in [-0.2, 0) is 11.3 Å². The zero-order chi connectivity index (χ0) is 15.8. The molecule has 22 heavy (non-hydrogen) atoms. The van der Waals surface area contributed by atoms with Crippen molar-refractivity contribution < 1.29 is 18.7 Å². The lowest BCUT2D eigenvalue weighted by atomic mass is 10.3. The SMILES string of the molecule is COCc1ccc(C(=O)N(C)CCCOc2ccccc2)o1. The number of furan rings is 1. The van der Waals surface area contributed by atoms with Crippen LogP contribution in [0.2, 0.25) is 0 Å². The third kappa shape index (κ3) is 4.63. The molecule has 0 unspecified atom stereocenters. The summed E-state index contributed by atoms with van der Waals surface area (Å²) >= 11 is 0. The van der Waals surface area contributed by atoms with Crippen LogP contribution in [0.4, 0.5) is 0 Å². The summed E-state index contributed by atoms with van der Waals surface area (Å²) in [6, 6.07) is 13.1. The van der Waals surface area contributed by atoms with Gasteiger partial charge in [0, 0.05) is 20.7 Å². The minimum absolute atomic E-state index is 0.137. The maximum Gasteiger partial charge on any atom is 0.289 e. The van der Waals surface area contributed by atoms with Gasteiger partial charge in [0.15, 0.2) is 5.76 Å². The molecule has 0 radical (unpaired) electrons. The number of carbonyl (C=O) groups excluding carboxylic acids is 1. The summed E-state index contributed by atoms with van der Waals surface area (Å²) in [5.41, 5.74) is 0. The molecule has 1 aromatic carbocycles. The molecule has 2 rings (SSSR count). The first-order valence-corrected chi connectivity index (χ1v) is 7.21. The number of carbonyl (C=O) groups is 1. The van der Waals surface area contributed by atoms with Crippen molar-refractivity contribution in [3.05, 3.63) is 54.0 Å². The van der Waals surface area contributed by atoms with Crippen molar-refractivity contribution in [2.75, 3.05) is 27.3 Å². The highest BCUT2D eigenvalue weighted by molar-refractivity contribution is 5.91. The van der Waals surface area contributed by atoms with Crippen molar-refractivity contribution in [2.24, 2.45) is 0 Å². The molecule has 5 nitrogen and oxygen atoms in total. The van der Waals surface area contributed by atoms with Crippen LogP contribution in [0.25, 0.3) is 0 Å². The minimum Gasteiger partial charge on any atom is -0.494 e. The average molecular weight is 303 g/mol. The highest BCUT2D eigenvalue weighted by atomic mass is 16.5. The van der Waals surface area contributed by atoms with Crippen LogP contribution in [0, 0.1) is 0 Å². The smallest absolute Gasteiger partial charge is 0.289 e. The average Bonchev–Trinajstić information content (AvgIpc) is 3.00. The number of rotatable bonds is 8. The van der Waals surface area contributed by atoms with E-state index in [1.165, 1.54) is 0 Å². The Hall–Kier alpha value is -2.27. The Kier molecular flexibility index (Phi) is 6.03. The molecular weight excluding hydrogens is 282 g/mol. The first-order valence-electron chi connectivity index (χ1n) is 7.21. The van der Waals surface area contributed by atoms with Gasteiger partial charge in [0.25, 0.3) is 5.91 Å². The Morgan fingerprint density at radius 3 is 2.68 bits per heavy atom. The van der Waals surface area contributed by atoms with E-state index in [9.17, 15) is 4.79 Å². The molecule has 1 amide bonds. The van der Waals surface area contributed by atoms with Gasteiger partial charge in [-0.25, -0.2) is 0 Å². The van der Waals surface area contributed by atoms with E-state index in [1.54, 1.807) is 31.2 Å². The van der Waals surface area contributed by atoms with E-state index in [0.29, 0.717) is 31.3 Å². The predicted octanol–water partition coefficient (Wildman–Crippen LogP) is 2.97. The second kappa shape index (κ2) is 8.24. The second-order valence-corrected chi connectivity index (χ2v) is 4.94. The topological polar surface area (TPSA) is 51.9 Å². The molecule has 2 aromatic rings. The normalized spacial score (nSPS) is 10.5. The number of methoxy groups -OCH3 is 1. The fourth-order valence-electron chi connectivity index (χ4n) is 2.01. The Balaban J connectivity index is 1.74. The summed E-state index contributed by atoms with van der Waals surface area (Å²) in [5.74, 6) is 1.68. The summed E-state index contributed by atoms with van der Waals surface area (Å²) in [4.78, 5) is 13.8. The molecule has 0 N–H and O–H groups in total. The molecule has 0 fully saturated rings. The van der Waals surface area contributed by atoms with Gasteiger partial charge in [0.2, 0.25) is 0 Å². The maximum atomic E-state index is 12.2. The van der Waals surface area contributed by atoms with Crippen molar-refractivity contribution in [3.8, 4) is 5.75 Å². The van der Waals surface area contributed by atoms with Crippen LogP contribution >= 0.6 is 0 Å². The van der Waals surface area contributed by atoms with Gasteiger partial charge in [0.05, 0.1) is 6.61 Å². The number of benzene rings is 1. The van der Waals surface area contributed by atoms with Crippen LogP contribution in [-0.4, -0.2) is 38.1 Å². The fourth-order valence-corrected chi connectivity index (χ4v) is 2.01. The molecule has 1 aromatic heterocycles. The quantitative estimate of drug-likeness (QED) is 0.704. The third-order valence-corrected chi connectivity index (χ3v) is 3.16. The number of ether oxygens (including phenoxy) is 2. The van der Waals surface area contributed by atoms with Crippen molar-refractivity contribution in [3.63, 3.8) is 0 Å². The Labute approximate surface area is 130 Å².